The number of nitrogens with one attached hydrogen (secondary N) is 1. The van der Waals surface area contributed by atoms with Crippen molar-refractivity contribution in [3.05, 3.63) is 24.4 Å². The Morgan fingerprint density at radius 2 is 2.47 bits per heavy atom. The zero-order valence-corrected chi connectivity index (χ0v) is 10.0. The van der Waals surface area contributed by atoms with Crippen LogP contribution in [0, 0.1) is 0 Å². The summed E-state index contributed by atoms with van der Waals surface area (Å²) in [6.45, 7) is 2.07. The molecule has 90 valence electrons. The number of hydrogen-bond donors (Lipinski definition) is 1. The van der Waals surface area contributed by atoms with E-state index in [2.05, 4.69) is 27.2 Å². The number of aromatic nitrogens is 2. The van der Waals surface area contributed by atoms with Crippen molar-refractivity contribution in [2.75, 3.05) is 13.7 Å². The highest BCUT2D eigenvalue weighted by Crippen LogP contribution is 2.21. The van der Waals surface area contributed by atoms with Gasteiger partial charge in [-0.15, -0.1) is 0 Å². The molecular weight excluding hydrogens is 214 g/mol. The van der Waals surface area contributed by atoms with E-state index < -0.39 is 0 Å². The second-order valence-electron chi connectivity index (χ2n) is 4.54. The normalized spacial score (nSPS) is 19.9. The quantitative estimate of drug-likeness (QED) is 0.875. The summed E-state index contributed by atoms with van der Waals surface area (Å²) in [6, 6.07) is 6.64. The summed E-state index contributed by atoms with van der Waals surface area (Å²) in [5, 5.41) is 9.12. The Morgan fingerprint density at radius 3 is 3.24 bits per heavy atom. The van der Waals surface area contributed by atoms with E-state index in [1.54, 1.807) is 7.11 Å². The molecule has 4 heteroatoms. The van der Waals surface area contributed by atoms with E-state index in [4.69, 9.17) is 4.74 Å². The highest BCUT2D eigenvalue weighted by Gasteiger charge is 2.15. The minimum Gasteiger partial charge on any atom is -0.497 e. The molecule has 1 aliphatic heterocycles. The van der Waals surface area contributed by atoms with E-state index in [0.29, 0.717) is 6.04 Å². The molecule has 0 aliphatic carbocycles. The van der Waals surface area contributed by atoms with Crippen molar-refractivity contribution in [3.8, 4) is 5.75 Å². The second kappa shape index (κ2) is 4.37. The van der Waals surface area contributed by atoms with Crippen LogP contribution in [-0.2, 0) is 6.54 Å². The van der Waals surface area contributed by atoms with Gasteiger partial charge in [-0.05, 0) is 31.5 Å². The minimum absolute atomic E-state index is 0.560. The van der Waals surface area contributed by atoms with Crippen LogP contribution in [0.4, 0.5) is 0 Å². The van der Waals surface area contributed by atoms with Gasteiger partial charge in [0.2, 0.25) is 0 Å². The van der Waals surface area contributed by atoms with Crippen LogP contribution < -0.4 is 10.1 Å². The summed E-state index contributed by atoms with van der Waals surface area (Å²) in [5.41, 5.74) is 1.15. The molecule has 0 radical (unpaired) electrons. The molecule has 0 amide bonds. The van der Waals surface area contributed by atoms with Gasteiger partial charge in [-0.1, -0.05) is 0 Å². The fraction of sp³-hybridized carbons (Fsp3) is 0.462. The molecule has 1 aromatic carbocycles. The van der Waals surface area contributed by atoms with Gasteiger partial charge in [0.05, 0.1) is 25.4 Å². The average molecular weight is 231 g/mol. The summed E-state index contributed by atoms with van der Waals surface area (Å²) in [6.07, 6.45) is 4.43. The molecule has 17 heavy (non-hydrogen) atoms. The fourth-order valence-corrected chi connectivity index (χ4v) is 2.44. The molecule has 4 nitrogen and oxygen atoms in total. The van der Waals surface area contributed by atoms with E-state index in [9.17, 15) is 0 Å². The van der Waals surface area contributed by atoms with Crippen LogP contribution in [0.1, 0.15) is 12.8 Å². The number of methoxy groups -OCH3 is 1. The molecule has 1 atom stereocenters. The zero-order chi connectivity index (χ0) is 11.7. The molecule has 1 aliphatic rings. The third-order valence-corrected chi connectivity index (χ3v) is 3.41. The molecule has 0 spiro atoms. The van der Waals surface area contributed by atoms with Gasteiger partial charge in [0.1, 0.15) is 5.75 Å². The van der Waals surface area contributed by atoms with Crippen molar-refractivity contribution >= 4 is 10.9 Å². The predicted octanol–water partition coefficient (Wildman–Crippen LogP) is 1.80. The maximum Gasteiger partial charge on any atom is 0.121 e. The number of hydrogen-bond acceptors (Lipinski definition) is 3. The fourth-order valence-electron chi connectivity index (χ4n) is 2.44. The molecule has 1 N–H and O–H groups in total. The van der Waals surface area contributed by atoms with E-state index in [1.165, 1.54) is 18.2 Å². The molecule has 0 bridgehead atoms. The van der Waals surface area contributed by atoms with Crippen molar-refractivity contribution in [1.29, 1.82) is 0 Å². The van der Waals surface area contributed by atoms with Crippen molar-refractivity contribution in [2.24, 2.45) is 0 Å². The third-order valence-electron chi connectivity index (χ3n) is 3.41. The number of benzene rings is 1. The largest absolute Gasteiger partial charge is 0.497 e. The topological polar surface area (TPSA) is 39.1 Å². The first-order chi connectivity index (χ1) is 8.36. The van der Waals surface area contributed by atoms with Crippen LogP contribution in [0.15, 0.2) is 24.4 Å². The van der Waals surface area contributed by atoms with Gasteiger partial charge in [0, 0.05) is 17.5 Å². The molecule has 1 fully saturated rings. The van der Waals surface area contributed by atoms with Gasteiger partial charge in [-0.25, -0.2) is 0 Å². The van der Waals surface area contributed by atoms with E-state index in [0.717, 1.165) is 24.4 Å². The van der Waals surface area contributed by atoms with Crippen LogP contribution in [0.3, 0.4) is 0 Å². The van der Waals surface area contributed by atoms with Gasteiger partial charge in [0.25, 0.3) is 0 Å². The summed E-state index contributed by atoms with van der Waals surface area (Å²) < 4.78 is 7.33. The minimum atomic E-state index is 0.560. The molecular formula is C13H17N3O. The Kier molecular flexibility index (Phi) is 2.73. The molecule has 2 aromatic rings. The Bertz CT molecular complexity index is 514. The molecule has 1 unspecified atom stereocenters. The van der Waals surface area contributed by atoms with Crippen molar-refractivity contribution in [1.82, 2.24) is 15.1 Å². The van der Waals surface area contributed by atoms with Crippen molar-refractivity contribution < 1.29 is 4.74 Å². The number of nitrogens with zero attached hydrogens (tertiary/aromatic N) is 2. The Morgan fingerprint density at radius 1 is 1.53 bits per heavy atom. The van der Waals surface area contributed by atoms with Gasteiger partial charge in [0.15, 0.2) is 0 Å². The smallest absolute Gasteiger partial charge is 0.121 e. The van der Waals surface area contributed by atoms with Crippen LogP contribution in [0.2, 0.25) is 0 Å². The van der Waals surface area contributed by atoms with Crippen molar-refractivity contribution in [2.45, 2.75) is 25.4 Å². The Hall–Kier alpha value is -1.55. The second-order valence-corrected chi connectivity index (χ2v) is 4.54. The summed E-state index contributed by atoms with van der Waals surface area (Å²) >= 11 is 0. The van der Waals surface area contributed by atoms with Crippen LogP contribution in [0.5, 0.6) is 5.75 Å². The lowest BCUT2D eigenvalue weighted by Crippen LogP contribution is -2.27. The van der Waals surface area contributed by atoms with E-state index >= 15 is 0 Å². The monoisotopic (exact) mass is 231 g/mol. The summed E-state index contributed by atoms with van der Waals surface area (Å²) in [7, 11) is 1.69. The summed E-state index contributed by atoms with van der Waals surface area (Å²) in [4.78, 5) is 0. The van der Waals surface area contributed by atoms with Crippen LogP contribution >= 0.6 is 0 Å². The standard InChI is InChI=1S/C13H17N3O/c1-17-12-5-4-10-8-15-16(13(10)7-12)9-11-3-2-6-14-11/h4-5,7-8,11,14H,2-3,6,9H2,1H3. The molecule has 1 aromatic heterocycles. The first-order valence-corrected chi connectivity index (χ1v) is 6.10. The lowest BCUT2D eigenvalue weighted by Gasteiger charge is -2.11. The van der Waals surface area contributed by atoms with Gasteiger partial charge in [-0.2, -0.15) is 5.10 Å². The first-order valence-electron chi connectivity index (χ1n) is 6.10. The van der Waals surface area contributed by atoms with Crippen LogP contribution in [0.25, 0.3) is 10.9 Å². The predicted molar refractivity (Wildman–Crippen MR) is 67.3 cm³/mol. The van der Waals surface area contributed by atoms with E-state index in [1.807, 2.05) is 12.3 Å². The SMILES string of the molecule is COc1ccc2cnn(CC3CCCN3)c2c1. The number of rotatable bonds is 3. The van der Waals surface area contributed by atoms with Crippen molar-refractivity contribution in [3.63, 3.8) is 0 Å². The third kappa shape index (κ3) is 2.00. The maximum atomic E-state index is 5.26. The highest BCUT2D eigenvalue weighted by molar-refractivity contribution is 5.80. The number of ether oxygens (including phenoxy) is 1. The first kappa shape index (κ1) is 10.6. The molecule has 1 saturated heterocycles. The molecule has 3 rings (SSSR count). The maximum absolute atomic E-state index is 5.26. The van der Waals surface area contributed by atoms with E-state index in [-0.39, 0.29) is 0 Å². The van der Waals surface area contributed by atoms with Gasteiger partial charge < -0.3 is 10.1 Å². The molecule has 2 heterocycles. The van der Waals surface area contributed by atoms with Gasteiger partial charge >= 0.3 is 0 Å². The highest BCUT2D eigenvalue weighted by atomic mass is 16.5. The Labute approximate surface area is 101 Å². The molecule has 0 saturated carbocycles. The lowest BCUT2D eigenvalue weighted by molar-refractivity contribution is 0.415. The zero-order valence-electron chi connectivity index (χ0n) is 10.0. The van der Waals surface area contributed by atoms with Gasteiger partial charge in [-0.3, -0.25) is 4.68 Å². The average Bonchev–Trinajstić information content (AvgIpc) is 2.99. The van der Waals surface area contributed by atoms with Crippen LogP contribution in [-0.4, -0.2) is 29.5 Å². The number of fused-ring (bicyclic) bond motifs is 1. The Balaban J connectivity index is 1.92. The summed E-state index contributed by atoms with van der Waals surface area (Å²) in [5.74, 6) is 0.888. The lowest BCUT2D eigenvalue weighted by atomic mass is 10.2.